The van der Waals surface area contributed by atoms with Crippen LogP contribution in [0.2, 0.25) is 0 Å². The first-order chi connectivity index (χ1) is 8.79. The Balaban J connectivity index is 2.17. The molecule has 0 aliphatic carbocycles. The van der Waals surface area contributed by atoms with E-state index in [1.165, 1.54) is 0 Å². The van der Waals surface area contributed by atoms with Gasteiger partial charge in [-0.1, -0.05) is 6.92 Å². The quantitative estimate of drug-likeness (QED) is 0.858. The standard InChI is InChI=1S/C11H15N5OS/c1-2-8-7-9-13-14-11(17)16(9)10(12-8)15-3-5-18-6-4-15/h7H,2-6H2,1H3,(H,14,17). The van der Waals surface area contributed by atoms with Gasteiger partial charge in [0.2, 0.25) is 5.95 Å². The van der Waals surface area contributed by atoms with E-state index < -0.39 is 0 Å². The van der Waals surface area contributed by atoms with Crippen molar-refractivity contribution in [2.24, 2.45) is 0 Å². The molecule has 6 nitrogen and oxygen atoms in total. The van der Waals surface area contributed by atoms with Gasteiger partial charge in [-0.2, -0.15) is 16.9 Å². The van der Waals surface area contributed by atoms with Gasteiger partial charge in [0.1, 0.15) is 0 Å². The third-order valence-electron chi connectivity index (χ3n) is 3.09. The molecule has 0 radical (unpaired) electrons. The summed E-state index contributed by atoms with van der Waals surface area (Å²) < 4.78 is 1.56. The van der Waals surface area contributed by atoms with Crippen LogP contribution in [0.3, 0.4) is 0 Å². The summed E-state index contributed by atoms with van der Waals surface area (Å²) in [5.74, 6) is 2.88. The summed E-state index contributed by atoms with van der Waals surface area (Å²) in [5, 5.41) is 6.53. The van der Waals surface area contributed by atoms with Crippen molar-refractivity contribution in [1.82, 2.24) is 19.6 Å². The number of aromatic nitrogens is 4. The lowest BCUT2D eigenvalue weighted by Crippen LogP contribution is -2.36. The number of thioether (sulfide) groups is 1. The number of rotatable bonds is 2. The van der Waals surface area contributed by atoms with Gasteiger partial charge in [-0.25, -0.2) is 19.3 Å². The Morgan fingerprint density at radius 3 is 2.94 bits per heavy atom. The molecule has 7 heteroatoms. The molecule has 0 amide bonds. The summed E-state index contributed by atoms with van der Waals surface area (Å²) in [4.78, 5) is 18.6. The van der Waals surface area contributed by atoms with Gasteiger partial charge >= 0.3 is 5.69 Å². The number of fused-ring (bicyclic) bond motifs is 1. The monoisotopic (exact) mass is 265 g/mol. The molecule has 1 aliphatic rings. The predicted molar refractivity (Wildman–Crippen MR) is 72.5 cm³/mol. The van der Waals surface area contributed by atoms with E-state index in [9.17, 15) is 4.79 Å². The highest BCUT2D eigenvalue weighted by molar-refractivity contribution is 7.99. The van der Waals surface area contributed by atoms with E-state index in [1.54, 1.807) is 4.40 Å². The number of anilines is 1. The van der Waals surface area contributed by atoms with Crippen molar-refractivity contribution in [2.45, 2.75) is 13.3 Å². The minimum Gasteiger partial charge on any atom is -0.340 e. The maximum Gasteiger partial charge on any atom is 0.350 e. The zero-order chi connectivity index (χ0) is 12.5. The molecule has 1 aliphatic heterocycles. The Hall–Kier alpha value is -1.50. The fourth-order valence-electron chi connectivity index (χ4n) is 2.12. The zero-order valence-electron chi connectivity index (χ0n) is 10.2. The van der Waals surface area contributed by atoms with Gasteiger partial charge in [0.25, 0.3) is 0 Å². The van der Waals surface area contributed by atoms with Crippen LogP contribution < -0.4 is 10.6 Å². The third-order valence-corrected chi connectivity index (χ3v) is 4.04. The molecule has 0 atom stereocenters. The van der Waals surface area contributed by atoms with Crippen LogP contribution >= 0.6 is 11.8 Å². The SMILES string of the molecule is CCc1cc2n[nH]c(=O)n2c(N2CCSCC2)n1. The van der Waals surface area contributed by atoms with Crippen molar-refractivity contribution in [1.29, 1.82) is 0 Å². The maximum atomic E-state index is 11.8. The van der Waals surface area contributed by atoms with Crippen LogP contribution in [0.4, 0.5) is 5.95 Å². The van der Waals surface area contributed by atoms with Gasteiger partial charge < -0.3 is 4.90 Å². The van der Waals surface area contributed by atoms with Crippen LogP contribution in [0.15, 0.2) is 10.9 Å². The molecule has 3 heterocycles. The van der Waals surface area contributed by atoms with Crippen molar-refractivity contribution in [2.75, 3.05) is 29.5 Å². The highest BCUT2D eigenvalue weighted by Crippen LogP contribution is 2.18. The molecule has 1 saturated heterocycles. The number of aromatic amines is 1. The molecule has 3 rings (SSSR count). The van der Waals surface area contributed by atoms with Crippen molar-refractivity contribution in [3.8, 4) is 0 Å². The number of H-pyrrole nitrogens is 1. The van der Waals surface area contributed by atoms with Crippen LogP contribution in [0.25, 0.3) is 5.65 Å². The fraction of sp³-hybridized carbons (Fsp3) is 0.545. The van der Waals surface area contributed by atoms with Crippen LogP contribution in [0.5, 0.6) is 0 Å². The lowest BCUT2D eigenvalue weighted by atomic mass is 10.3. The average molecular weight is 265 g/mol. The van der Waals surface area contributed by atoms with Gasteiger partial charge in [0.05, 0.1) is 0 Å². The Morgan fingerprint density at radius 1 is 1.44 bits per heavy atom. The van der Waals surface area contributed by atoms with Crippen LogP contribution in [0, 0.1) is 0 Å². The highest BCUT2D eigenvalue weighted by Gasteiger charge is 2.18. The molecule has 0 aromatic carbocycles. The summed E-state index contributed by atoms with van der Waals surface area (Å²) in [7, 11) is 0. The summed E-state index contributed by atoms with van der Waals surface area (Å²) in [5.41, 5.74) is 1.41. The van der Waals surface area contributed by atoms with E-state index in [2.05, 4.69) is 27.0 Å². The van der Waals surface area contributed by atoms with E-state index in [4.69, 9.17) is 0 Å². The summed E-state index contributed by atoms with van der Waals surface area (Å²) in [6.45, 7) is 3.91. The molecule has 0 unspecified atom stereocenters. The van der Waals surface area contributed by atoms with Gasteiger partial charge in [-0.15, -0.1) is 0 Å². The van der Waals surface area contributed by atoms with Crippen LogP contribution in [-0.4, -0.2) is 44.2 Å². The molecular weight excluding hydrogens is 250 g/mol. The van der Waals surface area contributed by atoms with E-state index in [0.717, 1.165) is 42.7 Å². The first-order valence-electron chi connectivity index (χ1n) is 6.09. The Bertz CT molecular complexity index is 613. The molecule has 1 fully saturated rings. The molecule has 2 aromatic rings. The Morgan fingerprint density at radius 2 is 2.22 bits per heavy atom. The van der Waals surface area contributed by atoms with Crippen molar-refractivity contribution in [3.05, 3.63) is 22.2 Å². The second-order valence-electron chi connectivity index (χ2n) is 4.22. The Kier molecular flexibility index (Phi) is 2.99. The average Bonchev–Trinajstić information content (AvgIpc) is 2.80. The molecule has 0 saturated carbocycles. The number of hydrogen-bond acceptors (Lipinski definition) is 5. The summed E-state index contributed by atoms with van der Waals surface area (Å²) in [6, 6.07) is 1.86. The topological polar surface area (TPSA) is 66.3 Å². The first-order valence-corrected chi connectivity index (χ1v) is 7.25. The van der Waals surface area contributed by atoms with Crippen molar-refractivity contribution >= 4 is 23.4 Å². The van der Waals surface area contributed by atoms with Gasteiger partial charge in [-0.05, 0) is 6.42 Å². The van der Waals surface area contributed by atoms with Crippen LogP contribution in [0.1, 0.15) is 12.6 Å². The number of hydrogen-bond donors (Lipinski definition) is 1. The predicted octanol–water partition coefficient (Wildman–Crippen LogP) is 0.533. The lowest BCUT2D eigenvalue weighted by molar-refractivity contribution is 0.785. The fourth-order valence-corrected chi connectivity index (χ4v) is 3.02. The summed E-state index contributed by atoms with van der Waals surface area (Å²) in [6.07, 6.45) is 0.840. The molecule has 0 bridgehead atoms. The molecule has 1 N–H and O–H groups in total. The molecular formula is C11H15N5OS. The lowest BCUT2D eigenvalue weighted by Gasteiger charge is -2.27. The zero-order valence-corrected chi connectivity index (χ0v) is 11.0. The largest absolute Gasteiger partial charge is 0.350 e. The minimum absolute atomic E-state index is 0.214. The number of nitrogens with zero attached hydrogens (tertiary/aromatic N) is 4. The molecule has 96 valence electrons. The van der Waals surface area contributed by atoms with Crippen LogP contribution in [-0.2, 0) is 6.42 Å². The molecule has 18 heavy (non-hydrogen) atoms. The highest BCUT2D eigenvalue weighted by atomic mass is 32.2. The van der Waals surface area contributed by atoms with Gasteiger partial charge in [0, 0.05) is 36.4 Å². The minimum atomic E-state index is -0.214. The molecule has 0 spiro atoms. The molecule has 2 aromatic heterocycles. The third kappa shape index (κ3) is 1.88. The van der Waals surface area contributed by atoms with E-state index in [1.807, 2.05) is 17.8 Å². The van der Waals surface area contributed by atoms with E-state index in [-0.39, 0.29) is 5.69 Å². The summed E-state index contributed by atoms with van der Waals surface area (Å²) >= 11 is 1.93. The second-order valence-corrected chi connectivity index (χ2v) is 5.45. The second kappa shape index (κ2) is 4.64. The van der Waals surface area contributed by atoms with Crippen molar-refractivity contribution < 1.29 is 0 Å². The van der Waals surface area contributed by atoms with Gasteiger partial charge in [-0.3, -0.25) is 0 Å². The van der Waals surface area contributed by atoms with Crippen molar-refractivity contribution in [3.63, 3.8) is 0 Å². The first kappa shape index (κ1) is 11.6. The van der Waals surface area contributed by atoms with E-state index >= 15 is 0 Å². The Labute approximate surface area is 108 Å². The normalized spacial score (nSPS) is 16.4. The van der Waals surface area contributed by atoms with Gasteiger partial charge in [0.15, 0.2) is 5.65 Å². The smallest absolute Gasteiger partial charge is 0.340 e. The number of aryl methyl sites for hydroxylation is 1. The maximum absolute atomic E-state index is 11.8. The number of nitrogens with one attached hydrogen (secondary N) is 1. The van der Waals surface area contributed by atoms with E-state index in [0.29, 0.717) is 5.65 Å².